The lowest BCUT2D eigenvalue weighted by Crippen LogP contribution is -2.50. The molecule has 2 rings (SSSR count). The zero-order valence-corrected chi connectivity index (χ0v) is 11.9. The van der Waals surface area contributed by atoms with Gasteiger partial charge in [-0.25, -0.2) is 0 Å². The van der Waals surface area contributed by atoms with Crippen molar-refractivity contribution in [2.24, 2.45) is 5.92 Å². The van der Waals surface area contributed by atoms with Crippen molar-refractivity contribution >= 4 is 0 Å². The highest BCUT2D eigenvalue weighted by atomic mass is 15.2. The van der Waals surface area contributed by atoms with Gasteiger partial charge in [-0.1, -0.05) is 13.8 Å². The van der Waals surface area contributed by atoms with Gasteiger partial charge in [-0.15, -0.1) is 0 Å². The molecule has 3 unspecified atom stereocenters. The SMILES string of the molecule is CC(C)C(CN(C)C)NC1CCN2CCCC12. The maximum atomic E-state index is 3.93. The van der Waals surface area contributed by atoms with Crippen molar-refractivity contribution in [3.05, 3.63) is 0 Å². The number of rotatable bonds is 5. The van der Waals surface area contributed by atoms with Crippen molar-refractivity contribution in [3.8, 4) is 0 Å². The molecule has 0 bridgehead atoms. The van der Waals surface area contributed by atoms with Gasteiger partial charge in [0.05, 0.1) is 0 Å². The first-order valence-electron chi connectivity index (χ1n) is 7.22. The van der Waals surface area contributed by atoms with E-state index >= 15 is 0 Å². The maximum Gasteiger partial charge on any atom is 0.0250 e. The minimum absolute atomic E-state index is 0.635. The monoisotopic (exact) mass is 239 g/mol. The van der Waals surface area contributed by atoms with Crippen LogP contribution in [0.2, 0.25) is 0 Å². The van der Waals surface area contributed by atoms with Gasteiger partial charge in [0.1, 0.15) is 0 Å². The molecule has 2 aliphatic heterocycles. The van der Waals surface area contributed by atoms with E-state index in [1.807, 2.05) is 0 Å². The third-order valence-corrected chi connectivity index (χ3v) is 4.40. The standard InChI is InChI=1S/C14H29N3/c1-11(2)13(10-16(3)4)15-12-7-9-17-8-5-6-14(12)17/h11-15H,5-10H2,1-4H3. The lowest BCUT2D eigenvalue weighted by molar-refractivity contribution is 0.240. The molecular weight excluding hydrogens is 210 g/mol. The Bertz CT molecular complexity index is 240. The summed E-state index contributed by atoms with van der Waals surface area (Å²) in [6, 6.07) is 2.21. The van der Waals surface area contributed by atoms with Gasteiger partial charge in [0, 0.05) is 31.2 Å². The highest BCUT2D eigenvalue weighted by Gasteiger charge is 2.38. The van der Waals surface area contributed by atoms with E-state index in [9.17, 15) is 0 Å². The first kappa shape index (κ1) is 13.3. The summed E-state index contributed by atoms with van der Waals surface area (Å²) in [7, 11) is 4.35. The van der Waals surface area contributed by atoms with E-state index in [-0.39, 0.29) is 0 Å². The van der Waals surface area contributed by atoms with Crippen molar-refractivity contribution in [2.45, 2.75) is 51.2 Å². The van der Waals surface area contributed by atoms with Crippen LogP contribution >= 0.6 is 0 Å². The summed E-state index contributed by atoms with van der Waals surface area (Å²) in [5.41, 5.74) is 0. The molecule has 3 heteroatoms. The van der Waals surface area contributed by atoms with Gasteiger partial charge in [-0.05, 0) is 45.8 Å². The molecule has 2 saturated heterocycles. The normalized spacial score (nSPS) is 31.4. The summed E-state index contributed by atoms with van der Waals surface area (Å²) in [6.07, 6.45) is 4.16. The molecule has 1 N–H and O–H groups in total. The van der Waals surface area contributed by atoms with Gasteiger partial charge in [0.2, 0.25) is 0 Å². The summed E-state index contributed by atoms with van der Waals surface area (Å²) in [5, 5.41) is 3.93. The third kappa shape index (κ3) is 3.21. The molecule has 100 valence electrons. The quantitative estimate of drug-likeness (QED) is 0.782. The molecule has 3 nitrogen and oxygen atoms in total. The minimum Gasteiger partial charge on any atom is -0.308 e. The van der Waals surface area contributed by atoms with Crippen molar-refractivity contribution in [1.29, 1.82) is 0 Å². The fourth-order valence-corrected chi connectivity index (χ4v) is 3.40. The van der Waals surface area contributed by atoms with Crippen LogP contribution in [0.25, 0.3) is 0 Å². The van der Waals surface area contributed by atoms with Gasteiger partial charge >= 0.3 is 0 Å². The average Bonchev–Trinajstić information content (AvgIpc) is 2.80. The highest BCUT2D eigenvalue weighted by Crippen LogP contribution is 2.28. The number of hydrogen-bond acceptors (Lipinski definition) is 3. The maximum absolute atomic E-state index is 3.93. The lowest BCUT2D eigenvalue weighted by Gasteiger charge is -2.31. The van der Waals surface area contributed by atoms with Crippen LogP contribution in [0, 0.1) is 5.92 Å². The van der Waals surface area contributed by atoms with Crippen molar-refractivity contribution < 1.29 is 0 Å². The Morgan fingerprint density at radius 3 is 2.65 bits per heavy atom. The Morgan fingerprint density at radius 2 is 2.00 bits per heavy atom. The Morgan fingerprint density at radius 1 is 1.24 bits per heavy atom. The second-order valence-corrected chi connectivity index (χ2v) is 6.42. The second kappa shape index (κ2) is 5.68. The third-order valence-electron chi connectivity index (χ3n) is 4.40. The number of nitrogens with one attached hydrogen (secondary N) is 1. The van der Waals surface area contributed by atoms with Gasteiger partial charge < -0.3 is 10.2 Å². The second-order valence-electron chi connectivity index (χ2n) is 6.42. The van der Waals surface area contributed by atoms with Crippen molar-refractivity contribution in [1.82, 2.24) is 15.1 Å². The summed E-state index contributed by atoms with van der Waals surface area (Å²) in [5.74, 6) is 0.716. The smallest absolute Gasteiger partial charge is 0.0250 e. The molecule has 0 saturated carbocycles. The van der Waals surface area contributed by atoms with Crippen LogP contribution in [0.4, 0.5) is 0 Å². The molecular formula is C14H29N3. The first-order chi connectivity index (χ1) is 8.08. The number of fused-ring (bicyclic) bond motifs is 1. The highest BCUT2D eigenvalue weighted by molar-refractivity contribution is 4.97. The van der Waals surface area contributed by atoms with E-state index in [0.29, 0.717) is 12.0 Å². The van der Waals surface area contributed by atoms with Gasteiger partial charge in [-0.2, -0.15) is 0 Å². The predicted octanol–water partition coefficient (Wildman–Crippen LogP) is 1.40. The fraction of sp³-hybridized carbons (Fsp3) is 1.00. The van der Waals surface area contributed by atoms with Gasteiger partial charge in [0.25, 0.3) is 0 Å². The first-order valence-corrected chi connectivity index (χ1v) is 7.22. The van der Waals surface area contributed by atoms with Crippen molar-refractivity contribution in [2.75, 3.05) is 33.7 Å². The summed E-state index contributed by atoms with van der Waals surface area (Å²) >= 11 is 0. The van der Waals surface area contributed by atoms with Crippen LogP contribution in [-0.2, 0) is 0 Å². The van der Waals surface area contributed by atoms with E-state index in [2.05, 4.69) is 43.1 Å². The topological polar surface area (TPSA) is 18.5 Å². The van der Waals surface area contributed by atoms with Gasteiger partial charge in [-0.3, -0.25) is 4.90 Å². The molecule has 0 spiro atoms. The largest absolute Gasteiger partial charge is 0.308 e. The Hall–Kier alpha value is -0.120. The van der Waals surface area contributed by atoms with E-state index in [1.165, 1.54) is 32.4 Å². The summed E-state index contributed by atoms with van der Waals surface area (Å²) in [4.78, 5) is 4.99. The molecule has 2 aliphatic rings. The van der Waals surface area contributed by atoms with E-state index < -0.39 is 0 Å². The van der Waals surface area contributed by atoms with E-state index in [1.54, 1.807) is 0 Å². The van der Waals surface area contributed by atoms with Crippen LogP contribution in [0.15, 0.2) is 0 Å². The van der Waals surface area contributed by atoms with E-state index in [0.717, 1.165) is 18.6 Å². The van der Waals surface area contributed by atoms with E-state index in [4.69, 9.17) is 0 Å². The van der Waals surface area contributed by atoms with Crippen LogP contribution < -0.4 is 5.32 Å². The molecule has 0 radical (unpaired) electrons. The van der Waals surface area contributed by atoms with Crippen molar-refractivity contribution in [3.63, 3.8) is 0 Å². The Labute approximate surface area is 107 Å². The molecule has 0 amide bonds. The Balaban J connectivity index is 1.89. The molecule has 2 heterocycles. The summed E-state index contributed by atoms with van der Waals surface area (Å²) < 4.78 is 0. The molecule has 0 aromatic heterocycles. The van der Waals surface area contributed by atoms with Crippen LogP contribution in [0.1, 0.15) is 33.1 Å². The molecule has 2 fully saturated rings. The number of likely N-dealkylation sites (N-methyl/N-ethyl adjacent to an activating group) is 1. The van der Waals surface area contributed by atoms with Crippen LogP contribution in [-0.4, -0.2) is 61.7 Å². The summed E-state index contributed by atoms with van der Waals surface area (Å²) in [6.45, 7) is 8.48. The number of hydrogen-bond donors (Lipinski definition) is 1. The average molecular weight is 239 g/mol. The molecule has 0 aromatic carbocycles. The number of nitrogens with zero attached hydrogens (tertiary/aromatic N) is 2. The minimum atomic E-state index is 0.635. The molecule has 17 heavy (non-hydrogen) atoms. The zero-order chi connectivity index (χ0) is 12.4. The lowest BCUT2D eigenvalue weighted by atomic mass is 9.99. The molecule has 0 aliphatic carbocycles. The molecule has 3 atom stereocenters. The van der Waals surface area contributed by atoms with Crippen LogP contribution in [0.5, 0.6) is 0 Å². The Kier molecular flexibility index (Phi) is 4.45. The van der Waals surface area contributed by atoms with Gasteiger partial charge in [0.15, 0.2) is 0 Å². The fourth-order valence-electron chi connectivity index (χ4n) is 3.40. The molecule has 0 aromatic rings. The predicted molar refractivity (Wildman–Crippen MR) is 73.3 cm³/mol. The zero-order valence-electron chi connectivity index (χ0n) is 11.9. The van der Waals surface area contributed by atoms with Crippen LogP contribution in [0.3, 0.4) is 0 Å².